The molecule has 9 heteroatoms. The maximum absolute atomic E-state index is 12.9. The monoisotopic (exact) mass is 468 g/mol. The molecule has 1 fully saturated rings. The van der Waals surface area contributed by atoms with Crippen LogP contribution in [0.1, 0.15) is 48.6 Å². The van der Waals surface area contributed by atoms with Gasteiger partial charge in [-0.2, -0.15) is 5.26 Å². The summed E-state index contributed by atoms with van der Waals surface area (Å²) >= 11 is 0. The summed E-state index contributed by atoms with van der Waals surface area (Å²) in [5, 5.41) is 11.8. The van der Waals surface area contributed by atoms with Gasteiger partial charge in [0.05, 0.1) is 42.5 Å². The number of nitriles is 1. The van der Waals surface area contributed by atoms with Crippen molar-refractivity contribution in [2.24, 2.45) is 0 Å². The minimum atomic E-state index is -0.420. The van der Waals surface area contributed by atoms with Crippen molar-refractivity contribution >= 4 is 30.1 Å². The molecule has 0 aromatic heterocycles. The number of amides is 3. The maximum Gasteiger partial charge on any atom is 0.261 e. The molecular formula is C24H25ClN4O4. The Labute approximate surface area is 198 Å². The van der Waals surface area contributed by atoms with Crippen LogP contribution in [0.4, 0.5) is 0 Å². The summed E-state index contributed by atoms with van der Waals surface area (Å²) in [5.41, 5.74) is 2.15. The van der Waals surface area contributed by atoms with Crippen molar-refractivity contribution in [2.75, 3.05) is 39.4 Å². The lowest BCUT2D eigenvalue weighted by atomic mass is 10.1. The number of rotatable bonds is 7. The first-order chi connectivity index (χ1) is 15.6. The number of fused-ring (bicyclic) bond motifs is 1. The molecule has 2 aromatic carbocycles. The molecule has 0 radical (unpaired) electrons. The fourth-order valence-corrected chi connectivity index (χ4v) is 3.87. The number of nitrogens with one attached hydrogen (secondary N) is 1. The quantitative estimate of drug-likeness (QED) is 0.493. The highest BCUT2D eigenvalue weighted by molar-refractivity contribution is 6.22. The summed E-state index contributed by atoms with van der Waals surface area (Å²) in [7, 11) is 0. The molecule has 8 nitrogen and oxygen atoms in total. The summed E-state index contributed by atoms with van der Waals surface area (Å²) in [6.45, 7) is 4.85. The zero-order chi connectivity index (χ0) is 22.5. The van der Waals surface area contributed by atoms with Crippen LogP contribution in [0.5, 0.6) is 0 Å². The molecule has 1 saturated heterocycles. The summed E-state index contributed by atoms with van der Waals surface area (Å²) in [4.78, 5) is 41.6. The number of carbonyl (C=O) groups excluding carboxylic acids is 3. The molecule has 2 aromatic rings. The molecule has 2 aliphatic rings. The van der Waals surface area contributed by atoms with E-state index in [1.165, 1.54) is 12.1 Å². The van der Waals surface area contributed by atoms with E-state index in [9.17, 15) is 14.4 Å². The molecule has 0 bridgehead atoms. The number of benzene rings is 2. The van der Waals surface area contributed by atoms with Crippen LogP contribution < -0.4 is 5.32 Å². The highest BCUT2D eigenvalue weighted by Gasteiger charge is 2.36. The normalized spacial score (nSPS) is 15.5. The topological polar surface area (TPSA) is 103 Å². The highest BCUT2D eigenvalue weighted by atomic mass is 35.5. The summed E-state index contributed by atoms with van der Waals surface area (Å²) in [6, 6.07) is 13.4. The Morgan fingerprint density at radius 2 is 1.73 bits per heavy atom. The molecule has 0 atom stereocenters. The standard InChI is InChI=1S/C24H24N4O4.ClH/c25-15-17-2-4-18(5-3-17)16-28-23(30)20-7-6-19(14-21(20)24(28)31)22(29)26-8-1-9-27-10-12-32-13-11-27;/h2-7,14H,1,8-13,16H2,(H,26,29);1H. The molecule has 1 N–H and O–H groups in total. The van der Waals surface area contributed by atoms with Crippen LogP contribution in [-0.2, 0) is 11.3 Å². The van der Waals surface area contributed by atoms with Gasteiger partial charge in [-0.05, 0) is 48.9 Å². The third-order valence-corrected chi connectivity index (χ3v) is 5.70. The number of nitrogens with zero attached hydrogens (tertiary/aromatic N) is 3. The SMILES string of the molecule is Cl.N#Cc1ccc(CN2C(=O)c3ccc(C(=O)NCCCN4CCOCC4)cc3C2=O)cc1. The van der Waals surface area contributed by atoms with E-state index in [4.69, 9.17) is 10.00 Å². The van der Waals surface area contributed by atoms with Crippen LogP contribution in [0.3, 0.4) is 0 Å². The second-order valence-corrected chi connectivity index (χ2v) is 7.83. The number of halogens is 1. The van der Waals surface area contributed by atoms with E-state index in [2.05, 4.69) is 10.2 Å². The van der Waals surface area contributed by atoms with Gasteiger partial charge in [0.25, 0.3) is 17.7 Å². The van der Waals surface area contributed by atoms with Gasteiger partial charge in [0, 0.05) is 25.2 Å². The van der Waals surface area contributed by atoms with Gasteiger partial charge in [-0.25, -0.2) is 0 Å². The van der Waals surface area contributed by atoms with Gasteiger partial charge >= 0.3 is 0 Å². The van der Waals surface area contributed by atoms with Crippen molar-refractivity contribution in [3.05, 3.63) is 70.3 Å². The van der Waals surface area contributed by atoms with Crippen LogP contribution in [-0.4, -0.2) is 66.9 Å². The molecule has 0 aliphatic carbocycles. The van der Waals surface area contributed by atoms with Gasteiger partial charge in [0.2, 0.25) is 0 Å². The van der Waals surface area contributed by atoms with Gasteiger partial charge in [-0.1, -0.05) is 12.1 Å². The van der Waals surface area contributed by atoms with Gasteiger partial charge in [0.1, 0.15) is 0 Å². The largest absolute Gasteiger partial charge is 0.379 e. The van der Waals surface area contributed by atoms with Crippen molar-refractivity contribution in [1.29, 1.82) is 5.26 Å². The minimum Gasteiger partial charge on any atom is -0.379 e. The number of hydrogen-bond acceptors (Lipinski definition) is 6. The average Bonchev–Trinajstić information content (AvgIpc) is 3.07. The van der Waals surface area contributed by atoms with Crippen molar-refractivity contribution in [3.8, 4) is 6.07 Å². The molecule has 0 unspecified atom stereocenters. The zero-order valence-electron chi connectivity index (χ0n) is 18.1. The first kappa shape index (κ1) is 24.4. The van der Waals surface area contributed by atoms with Crippen molar-refractivity contribution in [3.63, 3.8) is 0 Å². The number of carbonyl (C=O) groups is 3. The fraction of sp³-hybridized carbons (Fsp3) is 0.333. The first-order valence-electron chi connectivity index (χ1n) is 10.6. The van der Waals surface area contributed by atoms with Crippen molar-refractivity contribution < 1.29 is 19.1 Å². The van der Waals surface area contributed by atoms with Gasteiger partial charge in [-0.3, -0.25) is 24.2 Å². The Hall–Kier alpha value is -3.25. The molecule has 0 saturated carbocycles. The van der Waals surface area contributed by atoms with Gasteiger partial charge in [0.15, 0.2) is 0 Å². The molecule has 0 spiro atoms. The van der Waals surface area contributed by atoms with Crippen molar-refractivity contribution in [1.82, 2.24) is 15.1 Å². The second kappa shape index (κ2) is 11.1. The van der Waals surface area contributed by atoms with Crippen LogP contribution in [0.15, 0.2) is 42.5 Å². The van der Waals surface area contributed by atoms with E-state index in [0.717, 1.165) is 49.7 Å². The Bertz CT molecular complexity index is 1070. The molecule has 2 heterocycles. The third kappa shape index (κ3) is 5.57. The molecule has 3 amide bonds. The number of morpholine rings is 1. The minimum absolute atomic E-state index is 0. The molecule has 2 aliphatic heterocycles. The van der Waals surface area contributed by atoms with Crippen molar-refractivity contribution in [2.45, 2.75) is 13.0 Å². The Balaban J connectivity index is 0.00000306. The Morgan fingerprint density at radius 3 is 2.42 bits per heavy atom. The number of ether oxygens (including phenoxy) is 1. The highest BCUT2D eigenvalue weighted by Crippen LogP contribution is 2.25. The number of hydrogen-bond donors (Lipinski definition) is 1. The lowest BCUT2D eigenvalue weighted by molar-refractivity contribution is 0.0374. The molecule has 4 rings (SSSR count). The van der Waals surface area contributed by atoms with E-state index >= 15 is 0 Å². The Morgan fingerprint density at radius 1 is 1.03 bits per heavy atom. The number of imide groups is 1. The molecule has 33 heavy (non-hydrogen) atoms. The lowest BCUT2D eigenvalue weighted by Gasteiger charge is -2.26. The third-order valence-electron chi connectivity index (χ3n) is 5.70. The maximum atomic E-state index is 12.9. The van der Waals surface area contributed by atoms with E-state index in [-0.39, 0.29) is 36.3 Å². The predicted molar refractivity (Wildman–Crippen MR) is 123 cm³/mol. The summed E-state index contributed by atoms with van der Waals surface area (Å²) in [5.74, 6) is -1.07. The predicted octanol–water partition coefficient (Wildman–Crippen LogP) is 2.23. The molecular weight excluding hydrogens is 444 g/mol. The average molecular weight is 469 g/mol. The second-order valence-electron chi connectivity index (χ2n) is 7.83. The van der Waals surface area contributed by atoms with Gasteiger partial charge < -0.3 is 10.1 Å². The summed E-state index contributed by atoms with van der Waals surface area (Å²) < 4.78 is 5.33. The van der Waals surface area contributed by atoms with Crippen LogP contribution in [0, 0.1) is 11.3 Å². The van der Waals surface area contributed by atoms with E-state index in [0.29, 0.717) is 23.2 Å². The first-order valence-corrected chi connectivity index (χ1v) is 10.6. The van der Waals surface area contributed by atoms with Crippen LogP contribution >= 0.6 is 12.4 Å². The molecule has 172 valence electrons. The Kier molecular flexibility index (Phi) is 8.17. The van der Waals surface area contributed by atoms with Crippen LogP contribution in [0.25, 0.3) is 0 Å². The lowest BCUT2D eigenvalue weighted by Crippen LogP contribution is -2.38. The van der Waals surface area contributed by atoms with Crippen LogP contribution in [0.2, 0.25) is 0 Å². The van der Waals surface area contributed by atoms with E-state index in [1.54, 1.807) is 30.3 Å². The summed E-state index contributed by atoms with van der Waals surface area (Å²) in [6.07, 6.45) is 0.826. The zero-order valence-corrected chi connectivity index (χ0v) is 18.9. The van der Waals surface area contributed by atoms with E-state index in [1.807, 2.05) is 6.07 Å². The van der Waals surface area contributed by atoms with E-state index < -0.39 is 5.91 Å². The fourth-order valence-electron chi connectivity index (χ4n) is 3.87. The smallest absolute Gasteiger partial charge is 0.261 e. The van der Waals surface area contributed by atoms with Gasteiger partial charge in [-0.15, -0.1) is 12.4 Å².